The van der Waals surface area contributed by atoms with E-state index in [1.54, 1.807) is 54.8 Å². The number of hydrogen-bond donors (Lipinski definition) is 3. The van der Waals surface area contributed by atoms with E-state index >= 15 is 0 Å². The van der Waals surface area contributed by atoms with Gasteiger partial charge in [0.25, 0.3) is 11.8 Å². The molecule has 2 heterocycles. The van der Waals surface area contributed by atoms with Crippen LogP contribution in [0.4, 0.5) is 0 Å². The molecule has 0 radical (unpaired) electrons. The second kappa shape index (κ2) is 5.77. The molecular weight excluding hydrogens is 376 g/mol. The molecule has 0 saturated heterocycles. The molecule has 2 amide bonds. The molecule has 1 atom stereocenters. The topological polar surface area (TPSA) is 99.3 Å². The standard InChI is InChI=1S/C21H14N2O4S/c1-28(27)16-5-3-2-4-11(16)12-9-15-17(19-18(12)20(25)23-21(19)26)13-8-10(24)6-7-14(13)22-15/h2-9,22,24H,1H3,(H,23,25,26). The first-order valence-corrected chi connectivity index (χ1v) is 10.1. The summed E-state index contributed by atoms with van der Waals surface area (Å²) in [6, 6.07) is 13.8. The summed E-state index contributed by atoms with van der Waals surface area (Å²) in [6.07, 6.45) is 1.58. The number of phenols is 1. The number of imide groups is 1. The van der Waals surface area contributed by atoms with Crippen LogP contribution in [0.25, 0.3) is 32.9 Å². The van der Waals surface area contributed by atoms with Crippen molar-refractivity contribution >= 4 is 44.4 Å². The Hall–Kier alpha value is -3.45. The van der Waals surface area contributed by atoms with Gasteiger partial charge in [0.1, 0.15) is 5.75 Å². The van der Waals surface area contributed by atoms with Gasteiger partial charge in [-0.1, -0.05) is 18.2 Å². The van der Waals surface area contributed by atoms with Gasteiger partial charge in [0.05, 0.1) is 21.9 Å². The number of aromatic nitrogens is 1. The van der Waals surface area contributed by atoms with Crippen molar-refractivity contribution in [3.63, 3.8) is 0 Å². The van der Waals surface area contributed by atoms with Crippen molar-refractivity contribution in [2.45, 2.75) is 4.90 Å². The number of hydrogen-bond acceptors (Lipinski definition) is 4. The van der Waals surface area contributed by atoms with E-state index in [4.69, 9.17) is 0 Å². The predicted octanol–water partition coefficient (Wildman–Crippen LogP) is 3.31. The van der Waals surface area contributed by atoms with Crippen molar-refractivity contribution in [2.75, 3.05) is 6.26 Å². The molecule has 0 fully saturated rings. The lowest BCUT2D eigenvalue weighted by molar-refractivity contribution is 0.0880. The maximum atomic E-state index is 12.7. The van der Waals surface area contributed by atoms with Gasteiger partial charge < -0.3 is 10.1 Å². The average molecular weight is 390 g/mol. The molecule has 5 rings (SSSR count). The minimum absolute atomic E-state index is 0.0719. The van der Waals surface area contributed by atoms with E-state index in [0.29, 0.717) is 32.3 Å². The SMILES string of the molecule is CS(=O)c1ccccc1-c1cc2[nH]c3ccc(O)cc3c2c2c1C(=O)NC2=O. The number of aromatic hydroxyl groups is 1. The molecule has 0 spiro atoms. The average Bonchev–Trinajstić information content (AvgIpc) is 3.17. The van der Waals surface area contributed by atoms with Gasteiger partial charge in [0, 0.05) is 33.0 Å². The van der Waals surface area contributed by atoms with Crippen LogP contribution >= 0.6 is 0 Å². The second-order valence-electron chi connectivity index (χ2n) is 6.69. The number of rotatable bonds is 2. The maximum absolute atomic E-state index is 12.7. The van der Waals surface area contributed by atoms with E-state index in [2.05, 4.69) is 10.3 Å². The van der Waals surface area contributed by atoms with E-state index in [9.17, 15) is 18.9 Å². The van der Waals surface area contributed by atoms with Crippen LogP contribution in [-0.2, 0) is 10.8 Å². The fourth-order valence-corrected chi connectivity index (χ4v) is 4.66. The molecule has 0 saturated carbocycles. The van der Waals surface area contributed by atoms with Crippen LogP contribution in [0.2, 0.25) is 0 Å². The first-order chi connectivity index (χ1) is 13.5. The van der Waals surface area contributed by atoms with Crippen molar-refractivity contribution in [1.82, 2.24) is 10.3 Å². The largest absolute Gasteiger partial charge is 0.508 e. The Balaban J connectivity index is 1.97. The minimum Gasteiger partial charge on any atom is -0.508 e. The number of amides is 2. The zero-order valence-electron chi connectivity index (χ0n) is 14.7. The summed E-state index contributed by atoms with van der Waals surface area (Å²) in [7, 11) is -1.27. The fraction of sp³-hybridized carbons (Fsp3) is 0.0476. The fourth-order valence-electron chi connectivity index (χ4n) is 3.90. The van der Waals surface area contributed by atoms with E-state index in [-0.39, 0.29) is 16.9 Å². The Bertz CT molecular complexity index is 1370. The van der Waals surface area contributed by atoms with E-state index in [0.717, 1.165) is 5.52 Å². The lowest BCUT2D eigenvalue weighted by Crippen LogP contribution is -2.20. The van der Waals surface area contributed by atoms with Crippen molar-refractivity contribution in [2.24, 2.45) is 0 Å². The number of phenolic OH excluding ortho intramolecular Hbond substituents is 1. The van der Waals surface area contributed by atoms with Crippen molar-refractivity contribution < 1.29 is 18.9 Å². The number of aromatic amines is 1. The van der Waals surface area contributed by atoms with Gasteiger partial charge in [-0.05, 0) is 41.5 Å². The van der Waals surface area contributed by atoms with Gasteiger partial charge in [0.2, 0.25) is 0 Å². The van der Waals surface area contributed by atoms with Crippen LogP contribution < -0.4 is 5.32 Å². The number of H-pyrrole nitrogens is 1. The number of nitrogens with one attached hydrogen (secondary N) is 2. The highest BCUT2D eigenvalue weighted by atomic mass is 32.2. The highest BCUT2D eigenvalue weighted by Crippen LogP contribution is 2.40. The van der Waals surface area contributed by atoms with Gasteiger partial charge in [-0.25, -0.2) is 0 Å². The van der Waals surface area contributed by atoms with Crippen LogP contribution in [0, 0.1) is 0 Å². The molecular formula is C21H14N2O4S. The van der Waals surface area contributed by atoms with E-state index in [1.165, 1.54) is 0 Å². The van der Waals surface area contributed by atoms with Crippen LogP contribution in [0.1, 0.15) is 20.7 Å². The Morgan fingerprint density at radius 3 is 2.43 bits per heavy atom. The lowest BCUT2D eigenvalue weighted by atomic mass is 9.93. The molecule has 0 aliphatic carbocycles. The van der Waals surface area contributed by atoms with Crippen molar-refractivity contribution in [3.05, 3.63) is 59.7 Å². The molecule has 3 N–H and O–H groups in total. The van der Waals surface area contributed by atoms with Gasteiger partial charge in [0.15, 0.2) is 0 Å². The van der Waals surface area contributed by atoms with Crippen LogP contribution in [0.5, 0.6) is 5.75 Å². The molecule has 1 unspecified atom stereocenters. The van der Waals surface area contributed by atoms with Crippen LogP contribution in [0.15, 0.2) is 53.4 Å². The molecule has 0 bridgehead atoms. The van der Waals surface area contributed by atoms with E-state index in [1.807, 2.05) is 0 Å². The maximum Gasteiger partial charge on any atom is 0.259 e. The molecule has 6 nitrogen and oxygen atoms in total. The van der Waals surface area contributed by atoms with Gasteiger partial charge in [-0.3, -0.25) is 19.1 Å². The Morgan fingerprint density at radius 1 is 0.893 bits per heavy atom. The summed E-state index contributed by atoms with van der Waals surface area (Å²) in [5.74, 6) is -0.892. The predicted molar refractivity (Wildman–Crippen MR) is 107 cm³/mol. The molecule has 7 heteroatoms. The van der Waals surface area contributed by atoms with Crippen molar-refractivity contribution in [1.29, 1.82) is 0 Å². The third kappa shape index (κ3) is 2.23. The highest BCUT2D eigenvalue weighted by Gasteiger charge is 2.34. The lowest BCUT2D eigenvalue weighted by Gasteiger charge is -2.11. The number of benzene rings is 3. The number of fused-ring (bicyclic) bond motifs is 5. The molecule has 138 valence electrons. The zero-order valence-corrected chi connectivity index (χ0v) is 15.5. The number of carbonyl (C=O) groups excluding carboxylic acids is 2. The van der Waals surface area contributed by atoms with Gasteiger partial charge in [-0.2, -0.15) is 0 Å². The molecule has 1 aromatic heterocycles. The summed E-state index contributed by atoms with van der Waals surface area (Å²) in [5.41, 5.74) is 3.13. The van der Waals surface area contributed by atoms with Crippen LogP contribution in [-0.4, -0.2) is 32.4 Å². The number of carbonyl (C=O) groups is 2. The molecule has 28 heavy (non-hydrogen) atoms. The molecule has 1 aliphatic heterocycles. The van der Waals surface area contributed by atoms with E-state index < -0.39 is 22.6 Å². The highest BCUT2D eigenvalue weighted by molar-refractivity contribution is 7.84. The summed E-state index contributed by atoms with van der Waals surface area (Å²) in [5, 5.41) is 13.5. The molecule has 3 aromatic carbocycles. The summed E-state index contributed by atoms with van der Waals surface area (Å²) >= 11 is 0. The van der Waals surface area contributed by atoms with Crippen LogP contribution in [0.3, 0.4) is 0 Å². The summed E-state index contributed by atoms with van der Waals surface area (Å²) < 4.78 is 12.2. The monoisotopic (exact) mass is 390 g/mol. The Morgan fingerprint density at radius 2 is 1.64 bits per heavy atom. The van der Waals surface area contributed by atoms with Crippen molar-refractivity contribution in [3.8, 4) is 16.9 Å². The smallest absolute Gasteiger partial charge is 0.259 e. The summed E-state index contributed by atoms with van der Waals surface area (Å²) in [6.45, 7) is 0. The zero-order chi connectivity index (χ0) is 19.6. The first-order valence-electron chi connectivity index (χ1n) is 8.55. The third-order valence-corrected chi connectivity index (χ3v) is 6.01. The minimum atomic E-state index is -1.27. The normalized spacial score (nSPS) is 14.5. The Labute approximate surface area is 161 Å². The molecule has 4 aromatic rings. The second-order valence-corrected chi connectivity index (χ2v) is 8.03. The Kier molecular flexibility index (Phi) is 3.44. The first kappa shape index (κ1) is 16.7. The third-order valence-electron chi connectivity index (χ3n) is 5.04. The molecule has 1 aliphatic rings. The van der Waals surface area contributed by atoms with Gasteiger partial charge in [-0.15, -0.1) is 0 Å². The van der Waals surface area contributed by atoms with Gasteiger partial charge >= 0.3 is 0 Å². The quantitative estimate of drug-likeness (QED) is 0.457. The summed E-state index contributed by atoms with van der Waals surface area (Å²) in [4.78, 5) is 29.1.